The number of amides is 1. The smallest absolute Gasteiger partial charge is 0.270 e. The van der Waals surface area contributed by atoms with Crippen molar-refractivity contribution in [1.82, 2.24) is 10.2 Å². The van der Waals surface area contributed by atoms with Crippen molar-refractivity contribution in [1.29, 1.82) is 0 Å². The SMILES string of the molecule is O=C(Nc1nncs1)c1ccc([N+](=O)[O-])cc1Cl. The van der Waals surface area contributed by atoms with Gasteiger partial charge in [-0.1, -0.05) is 22.9 Å². The molecule has 7 nitrogen and oxygen atoms in total. The van der Waals surface area contributed by atoms with Gasteiger partial charge in [0.25, 0.3) is 11.6 Å². The number of nitro groups is 1. The van der Waals surface area contributed by atoms with Crippen molar-refractivity contribution < 1.29 is 9.72 Å². The van der Waals surface area contributed by atoms with Gasteiger partial charge in [0.15, 0.2) is 0 Å². The third-order valence-electron chi connectivity index (χ3n) is 1.99. The Labute approximate surface area is 110 Å². The van der Waals surface area contributed by atoms with Crippen LogP contribution in [0.25, 0.3) is 0 Å². The summed E-state index contributed by atoms with van der Waals surface area (Å²) in [5, 5.41) is 20.5. The highest BCUT2D eigenvalue weighted by atomic mass is 35.5. The summed E-state index contributed by atoms with van der Waals surface area (Å²) in [4.78, 5) is 21.7. The first-order valence-electron chi connectivity index (χ1n) is 4.59. The Balaban J connectivity index is 2.23. The maximum Gasteiger partial charge on any atom is 0.270 e. The lowest BCUT2D eigenvalue weighted by Crippen LogP contribution is -2.12. The van der Waals surface area contributed by atoms with Crippen molar-refractivity contribution in [3.8, 4) is 0 Å². The highest BCUT2D eigenvalue weighted by molar-refractivity contribution is 7.13. The molecular formula is C9H5ClN4O3S. The maximum absolute atomic E-state index is 11.8. The van der Waals surface area contributed by atoms with Crippen molar-refractivity contribution in [2.75, 3.05) is 5.32 Å². The lowest BCUT2D eigenvalue weighted by Gasteiger charge is -2.03. The molecule has 0 aliphatic carbocycles. The number of nitro benzene ring substituents is 1. The highest BCUT2D eigenvalue weighted by Crippen LogP contribution is 2.23. The molecule has 2 aromatic rings. The lowest BCUT2D eigenvalue weighted by molar-refractivity contribution is -0.384. The number of aromatic nitrogens is 2. The van der Waals surface area contributed by atoms with Crippen LogP contribution in [0.3, 0.4) is 0 Å². The van der Waals surface area contributed by atoms with E-state index in [0.29, 0.717) is 5.13 Å². The molecule has 1 N–H and O–H groups in total. The van der Waals surface area contributed by atoms with Gasteiger partial charge >= 0.3 is 0 Å². The Morgan fingerprint density at radius 2 is 2.28 bits per heavy atom. The van der Waals surface area contributed by atoms with E-state index in [9.17, 15) is 14.9 Å². The minimum Gasteiger partial charge on any atom is -0.296 e. The average molecular weight is 285 g/mol. The lowest BCUT2D eigenvalue weighted by atomic mass is 10.2. The van der Waals surface area contributed by atoms with Crippen LogP contribution >= 0.6 is 22.9 Å². The molecule has 0 atom stereocenters. The molecule has 0 unspecified atom stereocenters. The van der Waals surface area contributed by atoms with Gasteiger partial charge in [0.05, 0.1) is 15.5 Å². The van der Waals surface area contributed by atoms with E-state index < -0.39 is 10.8 Å². The van der Waals surface area contributed by atoms with E-state index in [1.54, 1.807) is 0 Å². The quantitative estimate of drug-likeness (QED) is 0.689. The number of rotatable bonds is 3. The number of halogens is 1. The summed E-state index contributed by atoms with van der Waals surface area (Å²) in [7, 11) is 0. The molecule has 2 rings (SSSR count). The molecule has 1 heterocycles. The number of hydrogen-bond acceptors (Lipinski definition) is 6. The van der Waals surface area contributed by atoms with Gasteiger partial charge in [0, 0.05) is 12.1 Å². The molecule has 1 amide bonds. The number of nitrogens with one attached hydrogen (secondary N) is 1. The van der Waals surface area contributed by atoms with E-state index in [0.717, 1.165) is 17.4 Å². The van der Waals surface area contributed by atoms with E-state index >= 15 is 0 Å². The average Bonchev–Trinajstić information content (AvgIpc) is 2.81. The number of non-ortho nitro benzene ring substituents is 1. The number of nitrogens with zero attached hydrogens (tertiary/aromatic N) is 3. The van der Waals surface area contributed by atoms with Crippen LogP contribution in [0.5, 0.6) is 0 Å². The number of benzene rings is 1. The van der Waals surface area contributed by atoms with Crippen LogP contribution in [-0.2, 0) is 0 Å². The van der Waals surface area contributed by atoms with Gasteiger partial charge in [-0.05, 0) is 6.07 Å². The van der Waals surface area contributed by atoms with Crippen LogP contribution in [-0.4, -0.2) is 21.0 Å². The third-order valence-corrected chi connectivity index (χ3v) is 2.91. The summed E-state index contributed by atoms with van der Waals surface area (Å²) in [5.41, 5.74) is 1.43. The minimum atomic E-state index is -0.585. The van der Waals surface area contributed by atoms with Gasteiger partial charge in [-0.2, -0.15) is 0 Å². The molecule has 0 saturated heterocycles. The third kappa shape index (κ3) is 2.60. The molecule has 0 aliphatic rings. The Hall–Kier alpha value is -2.06. The predicted molar refractivity (Wildman–Crippen MR) is 66.0 cm³/mol. The number of anilines is 1. The molecule has 0 saturated carbocycles. The van der Waals surface area contributed by atoms with Crippen molar-refractivity contribution in [3.05, 3.63) is 44.4 Å². The summed E-state index contributed by atoms with van der Waals surface area (Å²) in [6.45, 7) is 0. The second kappa shape index (κ2) is 5.07. The van der Waals surface area contributed by atoms with Crippen LogP contribution in [0.4, 0.5) is 10.8 Å². The maximum atomic E-state index is 11.8. The molecule has 9 heteroatoms. The van der Waals surface area contributed by atoms with Crippen LogP contribution in [0, 0.1) is 10.1 Å². The topological polar surface area (TPSA) is 98.0 Å². The Kier molecular flexibility index (Phi) is 3.49. The number of carbonyl (C=O) groups is 1. The molecule has 0 fully saturated rings. The van der Waals surface area contributed by atoms with Crippen LogP contribution in [0.2, 0.25) is 5.02 Å². The van der Waals surface area contributed by atoms with Crippen molar-refractivity contribution in [3.63, 3.8) is 0 Å². The second-order valence-electron chi connectivity index (χ2n) is 3.12. The molecule has 1 aromatic heterocycles. The molecule has 0 bridgehead atoms. The summed E-state index contributed by atoms with van der Waals surface area (Å²) in [6, 6.07) is 3.62. The van der Waals surface area contributed by atoms with E-state index in [2.05, 4.69) is 15.5 Å². The number of carbonyl (C=O) groups excluding carboxylic acids is 1. The Morgan fingerprint density at radius 3 is 2.83 bits per heavy atom. The monoisotopic (exact) mass is 284 g/mol. The highest BCUT2D eigenvalue weighted by Gasteiger charge is 2.15. The van der Waals surface area contributed by atoms with E-state index in [-0.39, 0.29) is 16.3 Å². The fraction of sp³-hybridized carbons (Fsp3) is 0. The van der Waals surface area contributed by atoms with E-state index in [1.165, 1.54) is 17.6 Å². The van der Waals surface area contributed by atoms with E-state index in [1.807, 2.05) is 0 Å². The van der Waals surface area contributed by atoms with Gasteiger partial charge in [0.2, 0.25) is 5.13 Å². The molecule has 1 aromatic carbocycles. The number of hydrogen-bond donors (Lipinski definition) is 1. The largest absolute Gasteiger partial charge is 0.296 e. The van der Waals surface area contributed by atoms with Gasteiger partial charge in [-0.25, -0.2) is 0 Å². The van der Waals surface area contributed by atoms with Gasteiger partial charge in [-0.15, -0.1) is 10.2 Å². The molecule has 18 heavy (non-hydrogen) atoms. The fourth-order valence-corrected chi connectivity index (χ4v) is 1.89. The zero-order valence-corrected chi connectivity index (χ0v) is 10.2. The normalized spacial score (nSPS) is 10.1. The van der Waals surface area contributed by atoms with Crippen molar-refractivity contribution >= 4 is 39.7 Å². The summed E-state index contributed by atoms with van der Waals surface area (Å²) < 4.78 is 0. The first kappa shape index (κ1) is 12.4. The molecule has 92 valence electrons. The second-order valence-corrected chi connectivity index (χ2v) is 4.36. The molecule has 0 radical (unpaired) electrons. The van der Waals surface area contributed by atoms with Gasteiger partial charge in [-0.3, -0.25) is 20.2 Å². The standard InChI is InChI=1S/C9H5ClN4O3S/c10-7-3-5(14(16)17)1-2-6(7)8(15)12-9-13-11-4-18-9/h1-4H,(H,12,13,15). The van der Waals surface area contributed by atoms with Crippen LogP contribution in [0.1, 0.15) is 10.4 Å². The van der Waals surface area contributed by atoms with E-state index in [4.69, 9.17) is 11.6 Å². The Morgan fingerprint density at radius 1 is 1.50 bits per heavy atom. The fourth-order valence-electron chi connectivity index (χ4n) is 1.19. The van der Waals surface area contributed by atoms with Crippen LogP contribution in [0.15, 0.2) is 23.7 Å². The van der Waals surface area contributed by atoms with Gasteiger partial charge < -0.3 is 0 Å². The van der Waals surface area contributed by atoms with Crippen molar-refractivity contribution in [2.24, 2.45) is 0 Å². The first-order valence-corrected chi connectivity index (χ1v) is 5.85. The summed E-state index contributed by atoms with van der Waals surface area (Å²) >= 11 is 6.96. The minimum absolute atomic E-state index is 0.00575. The zero-order valence-electron chi connectivity index (χ0n) is 8.66. The van der Waals surface area contributed by atoms with Crippen molar-refractivity contribution in [2.45, 2.75) is 0 Å². The molecule has 0 aliphatic heterocycles. The summed E-state index contributed by atoms with van der Waals surface area (Å²) in [5.74, 6) is -0.494. The zero-order chi connectivity index (χ0) is 13.1. The van der Waals surface area contributed by atoms with Crippen LogP contribution < -0.4 is 5.32 Å². The predicted octanol–water partition coefficient (Wildman–Crippen LogP) is 2.35. The Bertz CT molecular complexity index is 602. The molecular weight excluding hydrogens is 280 g/mol. The van der Waals surface area contributed by atoms with Gasteiger partial charge in [0.1, 0.15) is 5.51 Å². The summed E-state index contributed by atoms with van der Waals surface area (Å²) in [6.07, 6.45) is 0. The molecule has 0 spiro atoms. The first-order chi connectivity index (χ1) is 8.58.